The number of rotatable bonds is 17. The summed E-state index contributed by atoms with van der Waals surface area (Å²) in [5, 5.41) is 17.1. The van der Waals surface area contributed by atoms with Gasteiger partial charge < -0.3 is 32.5 Å². The minimum atomic E-state index is -1.33. The smallest absolute Gasteiger partial charge is 0.326 e. The molecule has 34 heavy (non-hydrogen) atoms. The standard InChI is InChI=1S/C22H41N5O6S/c1-6-13(4)18(27-19(29)14(23)9-10-34-5)21(31)26-16(11-12(2)3)20(30)25-15(22(32)33)7-8-17(24)28/h12-16,18H,6-11,23H2,1-5H3,(H2,24,28)(H,25,30)(H,26,31)(H,27,29)(H,32,33). The molecule has 0 aliphatic heterocycles. The highest BCUT2D eigenvalue weighted by Gasteiger charge is 2.32. The van der Waals surface area contributed by atoms with Crippen molar-refractivity contribution in [2.75, 3.05) is 12.0 Å². The maximum atomic E-state index is 13.1. The zero-order valence-electron chi connectivity index (χ0n) is 20.8. The fourth-order valence-corrected chi connectivity index (χ4v) is 3.61. The highest BCUT2D eigenvalue weighted by molar-refractivity contribution is 7.98. The van der Waals surface area contributed by atoms with Gasteiger partial charge in [0.2, 0.25) is 23.6 Å². The molecule has 0 spiro atoms. The van der Waals surface area contributed by atoms with E-state index < -0.39 is 53.8 Å². The van der Waals surface area contributed by atoms with Crippen LogP contribution >= 0.6 is 11.8 Å². The second kappa shape index (κ2) is 16.3. The van der Waals surface area contributed by atoms with E-state index in [0.717, 1.165) is 0 Å². The fourth-order valence-electron chi connectivity index (χ4n) is 3.12. The van der Waals surface area contributed by atoms with E-state index in [1.807, 2.05) is 27.0 Å². The van der Waals surface area contributed by atoms with E-state index in [1.54, 1.807) is 18.7 Å². The van der Waals surface area contributed by atoms with E-state index in [9.17, 15) is 29.1 Å². The van der Waals surface area contributed by atoms with Gasteiger partial charge in [0.25, 0.3) is 0 Å². The largest absolute Gasteiger partial charge is 0.480 e. The number of nitrogens with two attached hydrogens (primary N) is 2. The van der Waals surface area contributed by atoms with Gasteiger partial charge in [0.15, 0.2) is 0 Å². The lowest BCUT2D eigenvalue weighted by Crippen LogP contribution is -2.58. The first-order valence-electron chi connectivity index (χ1n) is 11.5. The number of carbonyl (C=O) groups excluding carboxylic acids is 4. The molecule has 0 aromatic carbocycles. The van der Waals surface area contributed by atoms with Crippen LogP contribution < -0.4 is 27.4 Å². The lowest BCUT2D eigenvalue weighted by molar-refractivity contribution is -0.142. The van der Waals surface area contributed by atoms with Crippen LogP contribution in [-0.2, 0) is 24.0 Å². The van der Waals surface area contributed by atoms with Gasteiger partial charge >= 0.3 is 5.97 Å². The van der Waals surface area contributed by atoms with Crippen LogP contribution in [0.2, 0.25) is 0 Å². The number of hydrogen-bond donors (Lipinski definition) is 6. The molecular formula is C22H41N5O6S. The summed E-state index contributed by atoms with van der Waals surface area (Å²) in [6.07, 6.45) is 2.82. The number of hydrogen-bond acceptors (Lipinski definition) is 7. The van der Waals surface area contributed by atoms with Crippen LogP contribution in [0, 0.1) is 11.8 Å². The summed E-state index contributed by atoms with van der Waals surface area (Å²) in [6, 6.07) is -4.03. The van der Waals surface area contributed by atoms with Crippen molar-refractivity contribution in [2.45, 2.75) is 84.0 Å². The third-order valence-corrected chi connectivity index (χ3v) is 6.04. The molecule has 0 radical (unpaired) electrons. The van der Waals surface area contributed by atoms with Crippen molar-refractivity contribution in [3.8, 4) is 0 Å². The Hall–Kier alpha value is -2.34. The minimum Gasteiger partial charge on any atom is -0.480 e. The lowest BCUT2D eigenvalue weighted by atomic mass is 9.96. The second-order valence-electron chi connectivity index (χ2n) is 8.85. The molecule has 0 heterocycles. The maximum absolute atomic E-state index is 13.1. The monoisotopic (exact) mass is 503 g/mol. The number of thioether (sulfide) groups is 1. The van der Waals surface area contributed by atoms with E-state index in [4.69, 9.17) is 11.5 Å². The van der Waals surface area contributed by atoms with Gasteiger partial charge in [0.05, 0.1) is 6.04 Å². The molecule has 0 aromatic rings. The summed E-state index contributed by atoms with van der Waals surface area (Å²) >= 11 is 1.56. The van der Waals surface area contributed by atoms with E-state index in [1.165, 1.54) is 0 Å². The van der Waals surface area contributed by atoms with E-state index in [-0.39, 0.29) is 31.1 Å². The van der Waals surface area contributed by atoms with Crippen molar-refractivity contribution in [1.29, 1.82) is 0 Å². The predicted octanol–water partition coefficient (Wildman–Crippen LogP) is -0.0365. The third-order valence-electron chi connectivity index (χ3n) is 5.40. The Kier molecular flexibility index (Phi) is 15.2. The summed E-state index contributed by atoms with van der Waals surface area (Å²) < 4.78 is 0. The van der Waals surface area contributed by atoms with Gasteiger partial charge in [0, 0.05) is 6.42 Å². The molecule has 0 aliphatic rings. The average Bonchev–Trinajstić information content (AvgIpc) is 2.76. The summed E-state index contributed by atoms with van der Waals surface area (Å²) in [7, 11) is 0. The SMILES string of the molecule is CCC(C)C(NC(=O)C(N)CCSC)C(=O)NC(CC(C)C)C(=O)NC(CCC(N)=O)C(=O)O. The maximum Gasteiger partial charge on any atom is 0.326 e. The molecule has 0 fully saturated rings. The van der Waals surface area contributed by atoms with Gasteiger partial charge in [-0.1, -0.05) is 34.1 Å². The van der Waals surface area contributed by atoms with Gasteiger partial charge in [-0.05, 0) is 43.1 Å². The second-order valence-corrected chi connectivity index (χ2v) is 9.84. The first-order valence-corrected chi connectivity index (χ1v) is 12.9. The molecule has 0 rings (SSSR count). The first-order chi connectivity index (χ1) is 15.8. The lowest BCUT2D eigenvalue weighted by Gasteiger charge is -2.28. The molecule has 4 amide bonds. The molecule has 0 saturated carbocycles. The normalized spacial score (nSPS) is 15.5. The number of aliphatic carboxylic acids is 1. The van der Waals surface area contributed by atoms with Crippen molar-refractivity contribution in [2.24, 2.45) is 23.3 Å². The number of carboxylic acids is 1. The van der Waals surface area contributed by atoms with Gasteiger partial charge in [-0.25, -0.2) is 4.79 Å². The van der Waals surface area contributed by atoms with Gasteiger partial charge in [-0.15, -0.1) is 0 Å². The van der Waals surface area contributed by atoms with Crippen molar-refractivity contribution in [3.63, 3.8) is 0 Å². The molecule has 12 heteroatoms. The van der Waals surface area contributed by atoms with Crippen LogP contribution in [-0.4, -0.2) is 70.9 Å². The van der Waals surface area contributed by atoms with Crippen LogP contribution in [0.4, 0.5) is 0 Å². The molecule has 0 saturated heterocycles. The highest BCUT2D eigenvalue weighted by atomic mass is 32.2. The van der Waals surface area contributed by atoms with Crippen molar-refractivity contribution < 1.29 is 29.1 Å². The zero-order chi connectivity index (χ0) is 26.4. The Labute approximate surface area is 205 Å². The quantitative estimate of drug-likeness (QED) is 0.159. The average molecular weight is 504 g/mol. The van der Waals surface area contributed by atoms with Crippen LogP contribution in [0.3, 0.4) is 0 Å². The van der Waals surface area contributed by atoms with Gasteiger partial charge in [-0.3, -0.25) is 19.2 Å². The van der Waals surface area contributed by atoms with Crippen molar-refractivity contribution in [1.82, 2.24) is 16.0 Å². The number of carbonyl (C=O) groups is 5. The zero-order valence-corrected chi connectivity index (χ0v) is 21.6. The first kappa shape index (κ1) is 31.7. The van der Waals surface area contributed by atoms with Gasteiger partial charge in [0.1, 0.15) is 18.1 Å². The fraction of sp³-hybridized carbons (Fsp3) is 0.773. The van der Waals surface area contributed by atoms with Crippen molar-refractivity contribution in [3.05, 3.63) is 0 Å². The molecule has 5 atom stereocenters. The number of carboxylic acid groups (broad SMARTS) is 1. The summed E-state index contributed by atoms with van der Waals surface area (Å²) in [4.78, 5) is 61.0. The Morgan fingerprint density at radius 3 is 1.97 bits per heavy atom. The van der Waals surface area contributed by atoms with Crippen molar-refractivity contribution >= 4 is 41.4 Å². The Bertz CT molecular complexity index is 705. The van der Waals surface area contributed by atoms with E-state index >= 15 is 0 Å². The molecule has 196 valence electrons. The molecule has 0 aliphatic carbocycles. The topological polar surface area (TPSA) is 194 Å². The number of amides is 4. The summed E-state index contributed by atoms with van der Waals surface area (Å²) in [5.74, 6) is -3.22. The Morgan fingerprint density at radius 1 is 0.912 bits per heavy atom. The highest BCUT2D eigenvalue weighted by Crippen LogP contribution is 2.12. The summed E-state index contributed by atoms with van der Waals surface area (Å²) in [6.45, 7) is 7.39. The van der Waals surface area contributed by atoms with E-state index in [0.29, 0.717) is 18.6 Å². The third kappa shape index (κ3) is 12.2. The molecule has 11 nitrogen and oxygen atoms in total. The number of primary amides is 1. The number of nitrogens with one attached hydrogen (secondary N) is 3. The van der Waals surface area contributed by atoms with E-state index in [2.05, 4.69) is 16.0 Å². The minimum absolute atomic E-state index is 0.00144. The predicted molar refractivity (Wildman–Crippen MR) is 132 cm³/mol. The summed E-state index contributed by atoms with van der Waals surface area (Å²) in [5.41, 5.74) is 11.0. The Morgan fingerprint density at radius 2 is 1.50 bits per heavy atom. The van der Waals surface area contributed by atoms with Crippen LogP contribution in [0.5, 0.6) is 0 Å². The van der Waals surface area contributed by atoms with Crippen LogP contribution in [0.25, 0.3) is 0 Å². The molecule has 5 unspecified atom stereocenters. The van der Waals surface area contributed by atoms with Crippen LogP contribution in [0.1, 0.15) is 59.8 Å². The molecule has 8 N–H and O–H groups in total. The molecular weight excluding hydrogens is 462 g/mol. The Balaban J connectivity index is 5.51. The molecule has 0 bridgehead atoms. The van der Waals surface area contributed by atoms with Gasteiger partial charge in [-0.2, -0.15) is 11.8 Å². The molecule has 0 aromatic heterocycles. The van der Waals surface area contributed by atoms with Crippen LogP contribution in [0.15, 0.2) is 0 Å².